The van der Waals surface area contributed by atoms with Crippen LogP contribution in [0.25, 0.3) is 0 Å². The molecule has 1 N–H and O–H groups in total. The van der Waals surface area contributed by atoms with Crippen molar-refractivity contribution < 1.29 is 0 Å². The van der Waals surface area contributed by atoms with Crippen LogP contribution >= 0.6 is 11.3 Å². The molecule has 2 heterocycles. The summed E-state index contributed by atoms with van der Waals surface area (Å²) in [4.78, 5) is 8.94. The summed E-state index contributed by atoms with van der Waals surface area (Å²) >= 11 is 1.88. The van der Waals surface area contributed by atoms with Gasteiger partial charge >= 0.3 is 0 Å². The molecular formula is C17H31N3S. The summed E-state index contributed by atoms with van der Waals surface area (Å²) < 4.78 is 0. The number of hydrogen-bond acceptors (Lipinski definition) is 4. The first-order valence-corrected chi connectivity index (χ1v) is 8.94. The predicted octanol–water partition coefficient (Wildman–Crippen LogP) is 4.32. The molecule has 0 aromatic carbocycles. The molecule has 1 saturated heterocycles. The number of anilines is 1. The second kappa shape index (κ2) is 5.88. The van der Waals surface area contributed by atoms with E-state index in [0.29, 0.717) is 6.04 Å². The molecule has 1 aromatic rings. The summed E-state index contributed by atoms with van der Waals surface area (Å²) in [6.45, 7) is 17.9. The van der Waals surface area contributed by atoms with Crippen LogP contribution in [0.3, 0.4) is 0 Å². The quantitative estimate of drug-likeness (QED) is 0.898. The normalized spacial score (nSPS) is 18.8. The van der Waals surface area contributed by atoms with E-state index in [1.807, 2.05) is 11.3 Å². The second-order valence-corrected chi connectivity index (χ2v) is 9.18. The van der Waals surface area contributed by atoms with E-state index < -0.39 is 0 Å². The van der Waals surface area contributed by atoms with E-state index in [1.165, 1.54) is 28.5 Å². The number of hydrogen-bond donors (Lipinski definition) is 1. The van der Waals surface area contributed by atoms with Gasteiger partial charge < -0.3 is 10.2 Å². The lowest BCUT2D eigenvalue weighted by Gasteiger charge is -2.31. The van der Waals surface area contributed by atoms with E-state index in [0.717, 1.165) is 13.1 Å². The van der Waals surface area contributed by atoms with Crippen molar-refractivity contribution in [2.45, 2.75) is 84.8 Å². The van der Waals surface area contributed by atoms with Gasteiger partial charge in [-0.05, 0) is 26.7 Å². The zero-order valence-electron chi connectivity index (χ0n) is 14.7. The summed E-state index contributed by atoms with van der Waals surface area (Å²) in [7, 11) is 0. The maximum Gasteiger partial charge on any atom is 0.186 e. The summed E-state index contributed by atoms with van der Waals surface area (Å²) in [5, 5.41) is 4.76. The maximum absolute atomic E-state index is 5.04. The molecule has 21 heavy (non-hydrogen) atoms. The van der Waals surface area contributed by atoms with Crippen LogP contribution < -0.4 is 10.2 Å². The molecule has 0 atom stereocenters. The average Bonchev–Trinajstić information content (AvgIpc) is 2.88. The van der Waals surface area contributed by atoms with Gasteiger partial charge in [0, 0.05) is 35.0 Å². The molecule has 0 unspecified atom stereocenters. The number of thiazole rings is 1. The van der Waals surface area contributed by atoms with Crippen LogP contribution in [0, 0.1) is 0 Å². The van der Waals surface area contributed by atoms with Crippen LogP contribution in [0.4, 0.5) is 5.13 Å². The van der Waals surface area contributed by atoms with Crippen molar-refractivity contribution in [2.24, 2.45) is 0 Å². The smallest absolute Gasteiger partial charge is 0.186 e. The van der Waals surface area contributed by atoms with E-state index in [4.69, 9.17) is 4.98 Å². The van der Waals surface area contributed by atoms with Crippen LogP contribution in [0.5, 0.6) is 0 Å². The zero-order valence-corrected chi connectivity index (χ0v) is 15.5. The van der Waals surface area contributed by atoms with Crippen LogP contribution in [0.1, 0.15) is 71.9 Å². The average molecular weight is 310 g/mol. The van der Waals surface area contributed by atoms with Crippen molar-refractivity contribution in [3.63, 3.8) is 0 Å². The van der Waals surface area contributed by atoms with E-state index in [9.17, 15) is 0 Å². The summed E-state index contributed by atoms with van der Waals surface area (Å²) in [5.41, 5.74) is 1.61. The maximum atomic E-state index is 5.04. The van der Waals surface area contributed by atoms with Crippen LogP contribution in [-0.2, 0) is 12.0 Å². The molecule has 120 valence electrons. The summed E-state index contributed by atoms with van der Waals surface area (Å²) in [6, 6.07) is 0.506. The molecule has 0 amide bonds. The number of nitrogens with one attached hydrogen (secondary N) is 1. The van der Waals surface area contributed by atoms with E-state index >= 15 is 0 Å². The Morgan fingerprint density at radius 1 is 1.33 bits per heavy atom. The molecule has 1 aliphatic rings. The van der Waals surface area contributed by atoms with Gasteiger partial charge in [-0.3, -0.25) is 0 Å². The van der Waals surface area contributed by atoms with Crippen molar-refractivity contribution >= 4 is 16.5 Å². The third kappa shape index (κ3) is 3.78. The Hall–Kier alpha value is -0.610. The first-order valence-electron chi connectivity index (χ1n) is 8.12. The topological polar surface area (TPSA) is 28.2 Å². The Kier molecular flexibility index (Phi) is 4.69. The molecule has 3 nitrogen and oxygen atoms in total. The minimum atomic E-state index is 0.104. The van der Waals surface area contributed by atoms with Gasteiger partial charge in [-0.1, -0.05) is 34.6 Å². The van der Waals surface area contributed by atoms with Gasteiger partial charge in [-0.25, -0.2) is 4.98 Å². The van der Waals surface area contributed by atoms with E-state index in [1.54, 1.807) is 0 Å². The number of nitrogens with zero attached hydrogens (tertiary/aromatic N) is 2. The minimum absolute atomic E-state index is 0.104. The van der Waals surface area contributed by atoms with Crippen molar-refractivity contribution in [1.82, 2.24) is 10.3 Å². The SMILES string of the molecule is CC(C)NCc1sc(N2CCCC2(C)C)nc1C(C)(C)C. The molecular weight excluding hydrogens is 278 g/mol. The van der Waals surface area contributed by atoms with Crippen LogP contribution in [0.2, 0.25) is 0 Å². The molecule has 2 rings (SSSR count). The lowest BCUT2D eigenvalue weighted by atomic mass is 9.91. The first kappa shape index (κ1) is 16.8. The molecule has 0 aliphatic carbocycles. The highest BCUT2D eigenvalue weighted by atomic mass is 32.1. The highest BCUT2D eigenvalue weighted by Crippen LogP contribution is 2.39. The fraction of sp³-hybridized carbons (Fsp3) is 0.824. The Morgan fingerprint density at radius 2 is 2.00 bits per heavy atom. The molecule has 0 saturated carbocycles. The fourth-order valence-electron chi connectivity index (χ4n) is 2.92. The number of aromatic nitrogens is 1. The third-order valence-electron chi connectivity index (χ3n) is 4.20. The third-order valence-corrected chi connectivity index (χ3v) is 5.28. The van der Waals surface area contributed by atoms with Crippen LogP contribution in [-0.4, -0.2) is 23.1 Å². The van der Waals surface area contributed by atoms with Crippen molar-refractivity contribution in [1.29, 1.82) is 0 Å². The van der Waals surface area contributed by atoms with Gasteiger partial charge in [0.15, 0.2) is 5.13 Å². The Bertz CT molecular complexity index is 483. The summed E-state index contributed by atoms with van der Waals surface area (Å²) in [6.07, 6.45) is 2.54. The standard InChI is InChI=1S/C17H31N3S/c1-12(2)18-11-13-14(16(3,4)5)19-15(21-13)20-10-8-9-17(20,6)7/h12,18H,8-11H2,1-7H3. The highest BCUT2D eigenvalue weighted by Gasteiger charge is 2.35. The first-order chi connectivity index (χ1) is 9.61. The van der Waals surface area contributed by atoms with Crippen LogP contribution in [0.15, 0.2) is 0 Å². The van der Waals surface area contributed by atoms with Gasteiger partial charge in [0.1, 0.15) is 0 Å². The molecule has 0 bridgehead atoms. The molecule has 0 spiro atoms. The minimum Gasteiger partial charge on any atom is -0.343 e. The van der Waals surface area contributed by atoms with Gasteiger partial charge in [0.05, 0.1) is 5.69 Å². The van der Waals surface area contributed by atoms with Gasteiger partial charge in [0.25, 0.3) is 0 Å². The van der Waals surface area contributed by atoms with Crippen molar-refractivity contribution in [3.05, 3.63) is 10.6 Å². The van der Waals surface area contributed by atoms with E-state index in [-0.39, 0.29) is 11.0 Å². The highest BCUT2D eigenvalue weighted by molar-refractivity contribution is 7.15. The summed E-state index contributed by atoms with van der Waals surface area (Å²) in [5.74, 6) is 0. The van der Waals surface area contributed by atoms with Crippen molar-refractivity contribution in [2.75, 3.05) is 11.4 Å². The monoisotopic (exact) mass is 309 g/mol. The molecule has 1 fully saturated rings. The van der Waals surface area contributed by atoms with Crippen molar-refractivity contribution in [3.8, 4) is 0 Å². The lowest BCUT2D eigenvalue weighted by molar-refractivity contribution is 0.513. The Morgan fingerprint density at radius 3 is 2.48 bits per heavy atom. The molecule has 4 heteroatoms. The van der Waals surface area contributed by atoms with Gasteiger partial charge in [-0.2, -0.15) is 0 Å². The Balaban J connectivity index is 2.32. The molecule has 0 radical (unpaired) electrons. The Labute approximate surface area is 134 Å². The van der Waals surface area contributed by atoms with Gasteiger partial charge in [0.2, 0.25) is 0 Å². The fourth-order valence-corrected chi connectivity index (χ4v) is 4.33. The second-order valence-electron chi connectivity index (χ2n) is 8.12. The van der Waals surface area contributed by atoms with Gasteiger partial charge in [-0.15, -0.1) is 11.3 Å². The molecule has 1 aromatic heterocycles. The zero-order chi connectivity index (χ0) is 15.8. The van der Waals surface area contributed by atoms with E-state index in [2.05, 4.69) is 58.7 Å². The largest absolute Gasteiger partial charge is 0.343 e. The lowest BCUT2D eigenvalue weighted by Crippen LogP contribution is -2.38. The number of rotatable bonds is 4. The molecule has 1 aliphatic heterocycles. The predicted molar refractivity (Wildman–Crippen MR) is 93.4 cm³/mol.